The van der Waals surface area contributed by atoms with E-state index < -0.39 is 0 Å². The molecule has 0 N–H and O–H groups in total. The first-order chi connectivity index (χ1) is 9.88. The average Bonchev–Trinajstić information content (AvgIpc) is 2.76. The third-order valence-electron chi connectivity index (χ3n) is 3.85. The molecule has 1 unspecified atom stereocenters. The van der Waals surface area contributed by atoms with Crippen molar-refractivity contribution in [2.45, 2.75) is 24.6 Å². The van der Waals surface area contributed by atoms with Crippen molar-refractivity contribution in [1.29, 1.82) is 0 Å². The van der Waals surface area contributed by atoms with Crippen LogP contribution in [0, 0.1) is 0 Å². The van der Waals surface area contributed by atoms with E-state index in [9.17, 15) is 0 Å². The number of hydrogen-bond donors (Lipinski definition) is 0. The molecule has 110 valence electrons. The van der Waals surface area contributed by atoms with Gasteiger partial charge in [-0.1, -0.05) is 37.6 Å². The first kappa shape index (κ1) is 15.2. The van der Waals surface area contributed by atoms with Crippen LogP contribution < -0.4 is 4.74 Å². The van der Waals surface area contributed by atoms with E-state index in [0.29, 0.717) is 11.6 Å². The van der Waals surface area contributed by atoms with Crippen molar-refractivity contribution < 1.29 is 4.74 Å². The zero-order valence-corrected chi connectivity index (χ0v) is 14.9. The fourth-order valence-electron chi connectivity index (χ4n) is 2.56. The molecule has 0 aromatic heterocycles. The van der Waals surface area contributed by atoms with Crippen LogP contribution in [-0.4, -0.2) is 6.61 Å². The summed E-state index contributed by atoms with van der Waals surface area (Å²) in [7, 11) is 0. The molecule has 3 rings (SSSR count). The molecule has 21 heavy (non-hydrogen) atoms. The summed E-state index contributed by atoms with van der Waals surface area (Å²) in [5, 5.41) is 0.478. The third kappa shape index (κ3) is 2.81. The molecule has 4 heteroatoms. The Labute approximate surface area is 143 Å². The van der Waals surface area contributed by atoms with Gasteiger partial charge in [0.25, 0.3) is 0 Å². The summed E-state index contributed by atoms with van der Waals surface area (Å²) in [6, 6.07) is 12.0. The number of alkyl halides is 1. The molecule has 0 amide bonds. The SMILES string of the molecule is CC1(C)COc2ccc(C(Cl)c3ccc(Cl)c(Br)c3)cc21. The summed E-state index contributed by atoms with van der Waals surface area (Å²) in [5.41, 5.74) is 3.34. The molecular formula is C17H15BrCl2O. The van der Waals surface area contributed by atoms with E-state index in [2.05, 4.69) is 35.8 Å². The van der Waals surface area contributed by atoms with Crippen LogP contribution in [0.2, 0.25) is 5.02 Å². The lowest BCUT2D eigenvalue weighted by Crippen LogP contribution is -2.18. The molecule has 1 aliphatic rings. The van der Waals surface area contributed by atoms with E-state index in [4.69, 9.17) is 27.9 Å². The Kier molecular flexibility index (Phi) is 3.98. The number of rotatable bonds is 2. The molecule has 1 heterocycles. The van der Waals surface area contributed by atoms with Crippen molar-refractivity contribution in [3.8, 4) is 5.75 Å². The first-order valence-corrected chi connectivity index (χ1v) is 8.35. The highest BCUT2D eigenvalue weighted by atomic mass is 79.9. The lowest BCUT2D eigenvalue weighted by Gasteiger charge is -2.17. The molecular weight excluding hydrogens is 371 g/mol. The molecule has 0 saturated heterocycles. The maximum atomic E-state index is 6.65. The normalized spacial score (nSPS) is 17.2. The topological polar surface area (TPSA) is 9.23 Å². The van der Waals surface area contributed by atoms with Gasteiger partial charge in [0.15, 0.2) is 0 Å². The molecule has 0 radical (unpaired) electrons. The van der Waals surface area contributed by atoms with E-state index in [1.165, 1.54) is 5.56 Å². The Morgan fingerprint density at radius 3 is 2.52 bits per heavy atom. The summed E-state index contributed by atoms with van der Waals surface area (Å²) in [5.74, 6) is 0.963. The highest BCUT2D eigenvalue weighted by Crippen LogP contribution is 2.41. The zero-order chi connectivity index (χ0) is 15.2. The van der Waals surface area contributed by atoms with Crippen molar-refractivity contribution in [2.75, 3.05) is 6.61 Å². The summed E-state index contributed by atoms with van der Waals surface area (Å²) < 4.78 is 6.58. The monoisotopic (exact) mass is 384 g/mol. The lowest BCUT2D eigenvalue weighted by molar-refractivity contribution is 0.291. The number of benzene rings is 2. The van der Waals surface area contributed by atoms with Crippen LogP contribution in [0.1, 0.15) is 35.9 Å². The molecule has 2 aromatic carbocycles. The molecule has 1 aliphatic heterocycles. The average molecular weight is 386 g/mol. The highest BCUT2D eigenvalue weighted by molar-refractivity contribution is 9.10. The van der Waals surface area contributed by atoms with Crippen molar-refractivity contribution in [3.05, 3.63) is 62.6 Å². The Morgan fingerprint density at radius 2 is 1.81 bits per heavy atom. The summed E-state index contributed by atoms with van der Waals surface area (Å²) >= 11 is 16.1. The predicted octanol–water partition coefficient (Wildman–Crippen LogP) is 6.10. The Bertz CT molecular complexity index is 697. The van der Waals surface area contributed by atoms with Crippen LogP contribution in [0.25, 0.3) is 0 Å². The van der Waals surface area contributed by atoms with E-state index in [0.717, 1.165) is 21.3 Å². The third-order valence-corrected chi connectivity index (χ3v) is 5.57. The molecule has 0 fully saturated rings. The molecule has 0 saturated carbocycles. The van der Waals surface area contributed by atoms with Gasteiger partial charge < -0.3 is 4.74 Å². The number of halogens is 3. The second-order valence-corrected chi connectivity index (χ2v) is 7.66. The van der Waals surface area contributed by atoms with Gasteiger partial charge in [-0.15, -0.1) is 11.6 Å². The fourth-order valence-corrected chi connectivity index (χ4v) is 3.34. The van der Waals surface area contributed by atoms with Crippen LogP contribution in [0.15, 0.2) is 40.9 Å². The summed E-state index contributed by atoms with van der Waals surface area (Å²) in [6.45, 7) is 5.08. The molecule has 0 spiro atoms. The van der Waals surface area contributed by atoms with Gasteiger partial charge in [0.05, 0.1) is 17.0 Å². The maximum Gasteiger partial charge on any atom is 0.123 e. The van der Waals surface area contributed by atoms with Gasteiger partial charge >= 0.3 is 0 Å². The number of hydrogen-bond acceptors (Lipinski definition) is 1. The van der Waals surface area contributed by atoms with Crippen molar-refractivity contribution >= 4 is 39.1 Å². The molecule has 0 aliphatic carbocycles. The van der Waals surface area contributed by atoms with Crippen LogP contribution in [-0.2, 0) is 5.41 Å². The van der Waals surface area contributed by atoms with E-state index >= 15 is 0 Å². The summed E-state index contributed by atoms with van der Waals surface area (Å²) in [4.78, 5) is 0. The minimum atomic E-state index is -0.208. The van der Waals surface area contributed by atoms with Gasteiger partial charge in [-0.3, -0.25) is 0 Å². The van der Waals surface area contributed by atoms with Crippen LogP contribution in [0.4, 0.5) is 0 Å². The van der Waals surface area contributed by atoms with Crippen molar-refractivity contribution in [3.63, 3.8) is 0 Å². The van der Waals surface area contributed by atoms with Crippen molar-refractivity contribution in [1.82, 2.24) is 0 Å². The lowest BCUT2D eigenvalue weighted by atomic mass is 9.85. The van der Waals surface area contributed by atoms with Gasteiger partial charge in [0, 0.05) is 15.5 Å². The minimum Gasteiger partial charge on any atom is -0.492 e. The minimum absolute atomic E-state index is 0.0303. The van der Waals surface area contributed by atoms with Gasteiger partial charge in [0.2, 0.25) is 0 Å². The smallest absolute Gasteiger partial charge is 0.123 e. The molecule has 0 bridgehead atoms. The van der Waals surface area contributed by atoms with Crippen LogP contribution >= 0.6 is 39.1 Å². The highest BCUT2D eigenvalue weighted by Gasteiger charge is 2.32. The van der Waals surface area contributed by atoms with Crippen molar-refractivity contribution in [2.24, 2.45) is 0 Å². The van der Waals surface area contributed by atoms with Gasteiger partial charge in [-0.05, 0) is 51.3 Å². The van der Waals surface area contributed by atoms with Crippen LogP contribution in [0.5, 0.6) is 5.75 Å². The fraction of sp³-hybridized carbons (Fsp3) is 0.294. The number of ether oxygens (including phenoxy) is 1. The molecule has 1 nitrogen and oxygen atoms in total. The van der Waals surface area contributed by atoms with Crippen LogP contribution in [0.3, 0.4) is 0 Å². The standard InChI is InChI=1S/C17H15BrCl2O/c1-17(2)9-21-15-6-4-10(7-12(15)17)16(20)11-3-5-14(19)13(18)8-11/h3-8,16H,9H2,1-2H3. The van der Waals surface area contributed by atoms with E-state index in [-0.39, 0.29) is 10.8 Å². The second kappa shape index (κ2) is 5.49. The van der Waals surface area contributed by atoms with E-state index in [1.807, 2.05) is 30.3 Å². The molecule has 1 atom stereocenters. The zero-order valence-electron chi connectivity index (χ0n) is 11.8. The van der Waals surface area contributed by atoms with Gasteiger partial charge in [0.1, 0.15) is 5.75 Å². The first-order valence-electron chi connectivity index (χ1n) is 6.75. The maximum absolute atomic E-state index is 6.65. The number of fused-ring (bicyclic) bond motifs is 1. The Morgan fingerprint density at radius 1 is 1.14 bits per heavy atom. The Balaban J connectivity index is 1.99. The summed E-state index contributed by atoms with van der Waals surface area (Å²) in [6.07, 6.45) is 0. The van der Waals surface area contributed by atoms with Gasteiger partial charge in [-0.2, -0.15) is 0 Å². The molecule has 2 aromatic rings. The largest absolute Gasteiger partial charge is 0.492 e. The van der Waals surface area contributed by atoms with Gasteiger partial charge in [-0.25, -0.2) is 0 Å². The predicted molar refractivity (Wildman–Crippen MR) is 91.8 cm³/mol. The second-order valence-electron chi connectivity index (χ2n) is 5.96. The Hall–Kier alpha value is -0.700. The quantitative estimate of drug-likeness (QED) is 0.567. The van der Waals surface area contributed by atoms with E-state index in [1.54, 1.807) is 0 Å².